The molecule has 0 heterocycles. The number of carbonyl (C=O) groups excluding carboxylic acids is 1. The van der Waals surface area contributed by atoms with Crippen molar-refractivity contribution in [1.29, 1.82) is 0 Å². The van der Waals surface area contributed by atoms with Gasteiger partial charge in [-0.2, -0.15) is 0 Å². The topological polar surface area (TPSA) is 63.2 Å². The molecule has 0 fully saturated rings. The van der Waals surface area contributed by atoms with E-state index in [9.17, 15) is 22.0 Å². The van der Waals surface area contributed by atoms with E-state index in [0.29, 0.717) is 22.4 Å². The quantitative estimate of drug-likeness (QED) is 0.616. The summed E-state index contributed by atoms with van der Waals surface area (Å²) in [6.45, 7) is 3.07. The van der Waals surface area contributed by atoms with Crippen LogP contribution in [0.25, 0.3) is 11.1 Å². The Morgan fingerprint density at radius 3 is 2.25 bits per heavy atom. The highest BCUT2D eigenvalue weighted by molar-refractivity contribution is 7.92. The fraction of sp³-hybridized carbons (Fsp3) is 0.0952. The fourth-order valence-electron chi connectivity index (χ4n) is 2.87. The summed E-state index contributed by atoms with van der Waals surface area (Å²) in [4.78, 5) is 11.6. The van der Waals surface area contributed by atoms with E-state index in [1.54, 1.807) is 25.1 Å². The predicted molar refractivity (Wildman–Crippen MR) is 104 cm³/mol. The van der Waals surface area contributed by atoms with Gasteiger partial charge in [0.15, 0.2) is 5.78 Å². The number of halogens is 2. The van der Waals surface area contributed by atoms with E-state index in [0.717, 1.165) is 12.1 Å². The van der Waals surface area contributed by atoms with Gasteiger partial charge >= 0.3 is 0 Å². The Morgan fingerprint density at radius 1 is 0.964 bits per heavy atom. The predicted octanol–water partition coefficient (Wildman–Crippen LogP) is 4.94. The van der Waals surface area contributed by atoms with Gasteiger partial charge in [-0.25, -0.2) is 17.2 Å². The zero-order chi connectivity index (χ0) is 20.5. The van der Waals surface area contributed by atoms with Gasteiger partial charge in [0.2, 0.25) is 0 Å². The largest absolute Gasteiger partial charge is 0.294 e. The van der Waals surface area contributed by atoms with Crippen molar-refractivity contribution in [2.75, 3.05) is 4.72 Å². The molecule has 7 heteroatoms. The molecule has 0 aliphatic heterocycles. The third-order valence-corrected chi connectivity index (χ3v) is 5.75. The standard InChI is InChI=1S/C21H17F2NO3S/c1-13-18(14(2)25)4-3-5-21(13)24-28(26,27)17-9-6-15(7-10-17)19-11-8-16(22)12-20(19)23/h3-12,24H,1-2H3. The van der Waals surface area contributed by atoms with Crippen LogP contribution in [0.1, 0.15) is 22.8 Å². The average molecular weight is 401 g/mol. The molecule has 0 atom stereocenters. The molecule has 0 aliphatic rings. The van der Waals surface area contributed by atoms with Gasteiger partial charge < -0.3 is 0 Å². The summed E-state index contributed by atoms with van der Waals surface area (Å²) in [6.07, 6.45) is 0. The van der Waals surface area contributed by atoms with Gasteiger partial charge in [0.05, 0.1) is 10.6 Å². The minimum absolute atomic E-state index is 0.0219. The molecule has 3 aromatic carbocycles. The van der Waals surface area contributed by atoms with Crippen LogP contribution in [0.3, 0.4) is 0 Å². The van der Waals surface area contributed by atoms with Crippen molar-refractivity contribution < 1.29 is 22.0 Å². The second-order valence-corrected chi connectivity index (χ2v) is 7.97. The van der Waals surface area contributed by atoms with E-state index in [1.807, 2.05) is 0 Å². The Hall–Kier alpha value is -3.06. The van der Waals surface area contributed by atoms with Gasteiger partial charge in [0, 0.05) is 17.2 Å². The minimum atomic E-state index is -3.91. The highest BCUT2D eigenvalue weighted by Crippen LogP contribution is 2.27. The van der Waals surface area contributed by atoms with Crippen LogP contribution in [-0.4, -0.2) is 14.2 Å². The third kappa shape index (κ3) is 3.94. The normalized spacial score (nSPS) is 11.3. The summed E-state index contributed by atoms with van der Waals surface area (Å²) >= 11 is 0. The molecule has 28 heavy (non-hydrogen) atoms. The minimum Gasteiger partial charge on any atom is -0.294 e. The lowest BCUT2D eigenvalue weighted by molar-refractivity contribution is 0.101. The molecule has 0 amide bonds. The first-order valence-corrected chi connectivity index (χ1v) is 9.86. The van der Waals surface area contributed by atoms with Crippen molar-refractivity contribution in [3.63, 3.8) is 0 Å². The molecule has 0 unspecified atom stereocenters. The van der Waals surface area contributed by atoms with Crippen molar-refractivity contribution in [3.8, 4) is 11.1 Å². The Bertz CT molecular complexity index is 1160. The molecule has 0 saturated heterocycles. The van der Waals surface area contributed by atoms with Gasteiger partial charge in [-0.1, -0.05) is 24.3 Å². The SMILES string of the molecule is CC(=O)c1cccc(NS(=O)(=O)c2ccc(-c3ccc(F)cc3F)cc2)c1C. The summed E-state index contributed by atoms with van der Waals surface area (Å²) < 4.78 is 54.8. The molecule has 0 radical (unpaired) electrons. The molecule has 0 bridgehead atoms. The van der Waals surface area contributed by atoms with E-state index in [-0.39, 0.29) is 16.2 Å². The van der Waals surface area contributed by atoms with Crippen molar-refractivity contribution >= 4 is 21.5 Å². The molecule has 0 aliphatic carbocycles. The lowest BCUT2D eigenvalue weighted by atomic mass is 10.0. The second-order valence-electron chi connectivity index (χ2n) is 6.29. The third-order valence-electron chi connectivity index (χ3n) is 4.36. The van der Waals surface area contributed by atoms with Gasteiger partial charge in [-0.3, -0.25) is 9.52 Å². The number of Topliss-reactive ketones (excluding diaryl/α,β-unsaturated/α-hetero) is 1. The Morgan fingerprint density at radius 2 is 1.64 bits per heavy atom. The second kappa shape index (κ2) is 7.52. The van der Waals surface area contributed by atoms with Crippen LogP contribution >= 0.6 is 0 Å². The van der Waals surface area contributed by atoms with Gasteiger partial charge in [-0.05, 0) is 55.3 Å². The Balaban J connectivity index is 1.91. The van der Waals surface area contributed by atoms with Crippen LogP contribution in [-0.2, 0) is 10.0 Å². The summed E-state index contributed by atoms with van der Waals surface area (Å²) in [7, 11) is -3.91. The number of ketones is 1. The van der Waals surface area contributed by atoms with Gasteiger partial charge in [0.1, 0.15) is 11.6 Å². The van der Waals surface area contributed by atoms with Crippen molar-refractivity contribution in [2.45, 2.75) is 18.7 Å². The number of hydrogen-bond acceptors (Lipinski definition) is 3. The molecule has 0 aromatic heterocycles. The molecule has 4 nitrogen and oxygen atoms in total. The zero-order valence-electron chi connectivity index (χ0n) is 15.2. The van der Waals surface area contributed by atoms with Crippen molar-refractivity contribution in [1.82, 2.24) is 0 Å². The van der Waals surface area contributed by atoms with Crippen molar-refractivity contribution in [2.24, 2.45) is 0 Å². The summed E-state index contributed by atoms with van der Waals surface area (Å²) in [5.74, 6) is -1.58. The van der Waals surface area contributed by atoms with Crippen LogP contribution in [0.2, 0.25) is 0 Å². The number of rotatable bonds is 5. The number of anilines is 1. The molecule has 1 N–H and O–H groups in total. The zero-order valence-corrected chi connectivity index (χ0v) is 16.0. The van der Waals surface area contributed by atoms with Gasteiger partial charge in [-0.15, -0.1) is 0 Å². The van der Waals surface area contributed by atoms with Gasteiger partial charge in [0.25, 0.3) is 10.0 Å². The fourth-order valence-corrected chi connectivity index (χ4v) is 3.99. The summed E-state index contributed by atoms with van der Waals surface area (Å²) in [5, 5.41) is 0. The molecule has 3 rings (SSSR count). The summed E-state index contributed by atoms with van der Waals surface area (Å²) in [5.41, 5.74) is 1.86. The number of benzene rings is 3. The first-order chi connectivity index (χ1) is 13.2. The molecule has 144 valence electrons. The van der Waals surface area contributed by atoms with Crippen LogP contribution in [0.5, 0.6) is 0 Å². The maximum Gasteiger partial charge on any atom is 0.261 e. The molecular weight excluding hydrogens is 384 g/mol. The molecule has 0 spiro atoms. The van der Waals surface area contributed by atoms with E-state index in [4.69, 9.17) is 0 Å². The first kappa shape index (κ1) is 19.7. The smallest absolute Gasteiger partial charge is 0.261 e. The van der Waals surface area contributed by atoms with Crippen molar-refractivity contribution in [3.05, 3.63) is 83.4 Å². The number of carbonyl (C=O) groups is 1. The number of sulfonamides is 1. The highest BCUT2D eigenvalue weighted by atomic mass is 32.2. The van der Waals surface area contributed by atoms with Crippen LogP contribution in [0.4, 0.5) is 14.5 Å². The summed E-state index contributed by atoms with van der Waals surface area (Å²) in [6, 6.07) is 13.6. The molecular formula is C21H17F2NO3S. The lowest BCUT2D eigenvalue weighted by Crippen LogP contribution is -2.14. The average Bonchev–Trinajstić information content (AvgIpc) is 2.63. The van der Waals surface area contributed by atoms with Crippen LogP contribution in [0, 0.1) is 18.6 Å². The monoisotopic (exact) mass is 401 g/mol. The van der Waals surface area contributed by atoms with E-state index in [1.165, 1.54) is 37.3 Å². The van der Waals surface area contributed by atoms with E-state index in [2.05, 4.69) is 4.72 Å². The molecule has 0 saturated carbocycles. The maximum absolute atomic E-state index is 13.9. The first-order valence-electron chi connectivity index (χ1n) is 8.38. The van der Waals surface area contributed by atoms with E-state index < -0.39 is 21.7 Å². The Kier molecular flexibility index (Phi) is 5.29. The number of hydrogen-bond donors (Lipinski definition) is 1. The Labute approximate surface area is 161 Å². The van der Waals surface area contributed by atoms with Crippen LogP contribution < -0.4 is 4.72 Å². The van der Waals surface area contributed by atoms with Crippen LogP contribution in [0.15, 0.2) is 65.6 Å². The maximum atomic E-state index is 13.9. The highest BCUT2D eigenvalue weighted by Gasteiger charge is 2.17. The molecule has 3 aromatic rings. The lowest BCUT2D eigenvalue weighted by Gasteiger charge is -2.13. The number of nitrogens with one attached hydrogen (secondary N) is 1. The van der Waals surface area contributed by atoms with E-state index >= 15 is 0 Å².